The predicted octanol–water partition coefficient (Wildman–Crippen LogP) is 3.68. The summed E-state index contributed by atoms with van der Waals surface area (Å²) in [6.45, 7) is 7.87. The number of benzene rings is 2. The number of nitrogens with zero attached hydrogens (tertiary/aromatic N) is 2. The van der Waals surface area contributed by atoms with Crippen molar-refractivity contribution in [2.45, 2.75) is 57.2 Å². The van der Waals surface area contributed by atoms with Gasteiger partial charge in [0.05, 0.1) is 22.4 Å². The number of hydrogen-bond acceptors (Lipinski definition) is 6. The first-order valence-electron chi connectivity index (χ1n) is 12.7. The van der Waals surface area contributed by atoms with Crippen LogP contribution < -0.4 is 14.8 Å². The Bertz CT molecular complexity index is 1470. The number of aryl methyl sites for hydroxylation is 1. The molecule has 208 valence electrons. The number of carbonyl (C=O) groups excluding carboxylic acids is 1. The molecule has 2 atom stereocenters. The van der Waals surface area contributed by atoms with Crippen molar-refractivity contribution in [2.24, 2.45) is 5.92 Å². The molecule has 0 spiro atoms. The van der Waals surface area contributed by atoms with E-state index in [4.69, 9.17) is 4.74 Å². The number of nitrogens with one attached hydrogen (secondary N) is 2. The number of amides is 2. The number of rotatable bonds is 7. The zero-order valence-electron chi connectivity index (χ0n) is 22.5. The van der Waals surface area contributed by atoms with Gasteiger partial charge in [-0.05, 0) is 70.5 Å². The fraction of sp³-hybridized carbons (Fsp3) is 0.393. The zero-order chi connectivity index (χ0) is 28.4. The molecule has 39 heavy (non-hydrogen) atoms. The first-order chi connectivity index (χ1) is 18.3. The van der Waals surface area contributed by atoms with Crippen LogP contribution in [0.5, 0.6) is 5.75 Å². The number of para-hydroxylation sites is 1. The Labute approximate surface area is 228 Å². The topological polar surface area (TPSA) is 138 Å². The highest BCUT2D eigenvalue weighted by Crippen LogP contribution is 2.24. The third-order valence-electron chi connectivity index (χ3n) is 6.46. The zero-order valence-corrected chi connectivity index (χ0v) is 23.3. The van der Waals surface area contributed by atoms with Crippen molar-refractivity contribution in [3.63, 3.8) is 0 Å². The quantitative estimate of drug-likeness (QED) is 0.405. The van der Waals surface area contributed by atoms with Gasteiger partial charge in [-0.3, -0.25) is 9.78 Å². The molecule has 3 N–H and O–H groups in total. The van der Waals surface area contributed by atoms with E-state index >= 15 is 0 Å². The molecule has 1 aliphatic rings. The minimum atomic E-state index is -4.06. The monoisotopic (exact) mass is 554 g/mol. The Balaban J connectivity index is 1.45. The van der Waals surface area contributed by atoms with E-state index in [1.807, 2.05) is 58.0 Å². The fourth-order valence-electron chi connectivity index (χ4n) is 4.61. The van der Waals surface area contributed by atoms with Gasteiger partial charge in [-0.15, -0.1) is 0 Å². The maximum Gasteiger partial charge on any atom is 0.317 e. The second kappa shape index (κ2) is 11.2. The third kappa shape index (κ3) is 7.04. The van der Waals surface area contributed by atoms with E-state index in [0.29, 0.717) is 5.75 Å². The van der Waals surface area contributed by atoms with Gasteiger partial charge in [0, 0.05) is 35.3 Å². The highest BCUT2D eigenvalue weighted by molar-refractivity contribution is 7.89. The molecular formula is C28H34N4O6S. The number of ether oxygens (including phenoxy) is 1. The Morgan fingerprint density at radius 1 is 1.13 bits per heavy atom. The van der Waals surface area contributed by atoms with E-state index in [1.165, 1.54) is 17.0 Å². The van der Waals surface area contributed by atoms with Crippen LogP contribution in [0.1, 0.15) is 38.4 Å². The SMILES string of the molecule is Cc1cc(COc2ccc(S(=O)(=O)NC3CN(C(=O)NC(C)(C)C)CCC3C(=O)O)cc2)c2ccccc2n1. The lowest BCUT2D eigenvalue weighted by molar-refractivity contribution is -0.143. The number of carbonyl (C=O) groups is 2. The summed E-state index contributed by atoms with van der Waals surface area (Å²) in [5.41, 5.74) is 2.23. The molecule has 2 amide bonds. The summed E-state index contributed by atoms with van der Waals surface area (Å²) in [4.78, 5) is 30.4. The average Bonchev–Trinajstić information content (AvgIpc) is 2.86. The van der Waals surface area contributed by atoms with Crippen LogP contribution >= 0.6 is 0 Å². The molecular weight excluding hydrogens is 520 g/mol. The fourth-order valence-corrected chi connectivity index (χ4v) is 5.88. The first-order valence-corrected chi connectivity index (χ1v) is 14.2. The number of pyridine rings is 1. The molecule has 3 aromatic rings. The predicted molar refractivity (Wildman–Crippen MR) is 147 cm³/mol. The molecule has 1 saturated heterocycles. The number of aromatic nitrogens is 1. The van der Waals surface area contributed by atoms with E-state index in [0.717, 1.165) is 22.2 Å². The van der Waals surface area contributed by atoms with Crippen LogP contribution in [-0.2, 0) is 21.4 Å². The molecule has 1 aliphatic heterocycles. The summed E-state index contributed by atoms with van der Waals surface area (Å²) in [7, 11) is -4.06. The minimum Gasteiger partial charge on any atom is -0.489 e. The average molecular weight is 555 g/mol. The largest absolute Gasteiger partial charge is 0.489 e. The molecule has 2 heterocycles. The maximum absolute atomic E-state index is 13.2. The summed E-state index contributed by atoms with van der Waals surface area (Å²) >= 11 is 0. The van der Waals surface area contributed by atoms with Crippen LogP contribution in [-0.4, -0.2) is 60.1 Å². The molecule has 0 bridgehead atoms. The van der Waals surface area contributed by atoms with E-state index in [2.05, 4.69) is 15.0 Å². The normalized spacial score (nSPS) is 18.1. The van der Waals surface area contributed by atoms with E-state index in [9.17, 15) is 23.1 Å². The van der Waals surface area contributed by atoms with Gasteiger partial charge in [-0.25, -0.2) is 17.9 Å². The second-order valence-corrected chi connectivity index (χ2v) is 12.5. The highest BCUT2D eigenvalue weighted by Gasteiger charge is 2.38. The smallest absolute Gasteiger partial charge is 0.317 e. The van der Waals surface area contributed by atoms with Gasteiger partial charge in [0.25, 0.3) is 0 Å². The number of carboxylic acids is 1. The van der Waals surface area contributed by atoms with Crippen molar-refractivity contribution in [3.05, 3.63) is 65.9 Å². The number of sulfonamides is 1. The summed E-state index contributed by atoms with van der Waals surface area (Å²) in [6, 6.07) is 14.3. The van der Waals surface area contributed by atoms with Crippen LogP contribution in [0.25, 0.3) is 10.9 Å². The molecule has 1 fully saturated rings. The highest BCUT2D eigenvalue weighted by atomic mass is 32.2. The van der Waals surface area contributed by atoms with E-state index in [-0.39, 0.29) is 37.0 Å². The summed E-state index contributed by atoms with van der Waals surface area (Å²) in [6.07, 6.45) is 0.135. The van der Waals surface area contributed by atoms with Gasteiger partial charge in [0.15, 0.2) is 0 Å². The van der Waals surface area contributed by atoms with Crippen molar-refractivity contribution in [3.8, 4) is 5.75 Å². The van der Waals surface area contributed by atoms with Crippen molar-refractivity contribution in [1.82, 2.24) is 19.9 Å². The Morgan fingerprint density at radius 2 is 1.82 bits per heavy atom. The van der Waals surface area contributed by atoms with Crippen LogP contribution in [0.15, 0.2) is 59.5 Å². The van der Waals surface area contributed by atoms with Crippen LogP contribution in [0.3, 0.4) is 0 Å². The van der Waals surface area contributed by atoms with Crippen LogP contribution in [0.2, 0.25) is 0 Å². The second-order valence-electron chi connectivity index (χ2n) is 10.8. The van der Waals surface area contributed by atoms with Gasteiger partial charge >= 0.3 is 12.0 Å². The summed E-state index contributed by atoms with van der Waals surface area (Å²) in [5, 5.41) is 13.5. The Kier molecular flexibility index (Phi) is 8.12. The van der Waals surface area contributed by atoms with Crippen molar-refractivity contribution >= 4 is 32.9 Å². The van der Waals surface area contributed by atoms with Gasteiger partial charge < -0.3 is 20.1 Å². The number of carboxylic acid groups (broad SMARTS) is 1. The van der Waals surface area contributed by atoms with Gasteiger partial charge in [-0.1, -0.05) is 18.2 Å². The molecule has 4 rings (SSSR count). The first kappa shape index (κ1) is 28.3. The lowest BCUT2D eigenvalue weighted by atomic mass is 9.92. The Hall–Kier alpha value is -3.70. The molecule has 1 aromatic heterocycles. The molecule has 2 unspecified atom stereocenters. The summed E-state index contributed by atoms with van der Waals surface area (Å²) < 4.78 is 34.8. The van der Waals surface area contributed by atoms with E-state index in [1.54, 1.807) is 12.1 Å². The summed E-state index contributed by atoms with van der Waals surface area (Å²) in [5.74, 6) is -1.58. The third-order valence-corrected chi connectivity index (χ3v) is 7.97. The molecule has 2 aromatic carbocycles. The van der Waals surface area contributed by atoms with Crippen molar-refractivity contribution in [1.29, 1.82) is 0 Å². The number of fused-ring (bicyclic) bond motifs is 1. The van der Waals surface area contributed by atoms with Gasteiger partial charge in [-0.2, -0.15) is 0 Å². The number of likely N-dealkylation sites (tertiary alicyclic amines) is 1. The molecule has 0 saturated carbocycles. The number of aliphatic carboxylic acids is 1. The molecule has 0 aliphatic carbocycles. The van der Waals surface area contributed by atoms with Crippen LogP contribution in [0.4, 0.5) is 4.79 Å². The minimum absolute atomic E-state index is 0.0274. The molecule has 10 nitrogen and oxygen atoms in total. The molecule has 0 radical (unpaired) electrons. The number of hydrogen-bond donors (Lipinski definition) is 3. The van der Waals surface area contributed by atoms with Gasteiger partial charge in [0.1, 0.15) is 12.4 Å². The van der Waals surface area contributed by atoms with Gasteiger partial charge in [0.2, 0.25) is 10.0 Å². The number of urea groups is 1. The van der Waals surface area contributed by atoms with Crippen LogP contribution in [0, 0.1) is 12.8 Å². The number of piperidine rings is 1. The van der Waals surface area contributed by atoms with E-state index < -0.39 is 33.5 Å². The standard InChI is InChI=1S/C28H34N4O6S/c1-18-15-19(22-7-5-6-8-24(22)29-18)17-38-20-9-11-21(12-10-20)39(36,37)31-25-16-32(14-13-23(25)26(33)34)27(35)30-28(2,3)4/h5-12,15,23,25,31H,13-14,16-17H2,1-4H3,(H,30,35)(H,33,34). The van der Waals surface area contributed by atoms with Crippen molar-refractivity contribution < 1.29 is 27.9 Å². The van der Waals surface area contributed by atoms with Crippen molar-refractivity contribution in [2.75, 3.05) is 13.1 Å². The Morgan fingerprint density at radius 3 is 2.49 bits per heavy atom. The lowest BCUT2D eigenvalue weighted by Crippen LogP contribution is -2.59. The molecule has 11 heteroatoms. The maximum atomic E-state index is 13.2. The lowest BCUT2D eigenvalue weighted by Gasteiger charge is -2.38.